The molecular weight excluding hydrogens is 673 g/mol. The molecule has 0 radical (unpaired) electrons. The van der Waals surface area contributed by atoms with Crippen molar-refractivity contribution in [3.63, 3.8) is 0 Å². The van der Waals surface area contributed by atoms with Crippen molar-refractivity contribution < 1.29 is 0 Å². The zero-order valence-corrected chi connectivity index (χ0v) is 39.0. The Labute approximate surface area is 349 Å². The molecule has 0 spiro atoms. The Kier molecular flexibility index (Phi) is 28.9. The predicted molar refractivity (Wildman–Crippen MR) is 258 cm³/mol. The fourth-order valence-electron chi connectivity index (χ4n) is 5.72. The van der Waals surface area contributed by atoms with E-state index in [9.17, 15) is 0 Å². The summed E-state index contributed by atoms with van der Waals surface area (Å²) < 4.78 is 0. The highest BCUT2D eigenvalue weighted by molar-refractivity contribution is 5.45. The molecule has 0 amide bonds. The van der Waals surface area contributed by atoms with Crippen LogP contribution in [0.2, 0.25) is 0 Å². The molecule has 1 unspecified atom stereocenters. The van der Waals surface area contributed by atoms with Crippen LogP contribution in [0.5, 0.6) is 0 Å². The van der Waals surface area contributed by atoms with Crippen molar-refractivity contribution >= 4 is 0 Å². The van der Waals surface area contributed by atoms with E-state index >= 15 is 0 Å². The average Bonchev–Trinajstić information content (AvgIpc) is 3.16. The van der Waals surface area contributed by atoms with Gasteiger partial charge in [0.1, 0.15) is 0 Å². The van der Waals surface area contributed by atoms with Crippen molar-refractivity contribution in [1.29, 1.82) is 0 Å². The molecule has 4 aromatic carbocycles. The van der Waals surface area contributed by atoms with Gasteiger partial charge in [-0.3, -0.25) is 0 Å². The number of benzene rings is 4. The lowest BCUT2D eigenvalue weighted by Crippen LogP contribution is -2.31. The van der Waals surface area contributed by atoms with E-state index in [1.54, 1.807) is 6.08 Å². The van der Waals surface area contributed by atoms with Crippen molar-refractivity contribution in [2.45, 2.75) is 148 Å². The van der Waals surface area contributed by atoms with E-state index in [4.69, 9.17) is 0 Å². The number of hydrogen-bond donors (Lipinski definition) is 0. The molecule has 0 saturated carbocycles. The lowest BCUT2D eigenvalue weighted by Gasteiger charge is -2.37. The van der Waals surface area contributed by atoms with E-state index in [1.807, 2.05) is 20.8 Å². The zero-order chi connectivity index (χ0) is 43.3. The Balaban J connectivity index is 0. The van der Waals surface area contributed by atoms with Crippen molar-refractivity contribution in [3.05, 3.63) is 191 Å². The van der Waals surface area contributed by atoms with Crippen LogP contribution in [-0.4, -0.2) is 0 Å². The van der Waals surface area contributed by atoms with Gasteiger partial charge >= 0.3 is 0 Å². The summed E-state index contributed by atoms with van der Waals surface area (Å²) in [6.07, 6.45) is 10.8. The first-order valence-corrected chi connectivity index (χ1v) is 21.1. The first kappa shape index (κ1) is 53.9. The molecule has 0 bridgehead atoms. The first-order chi connectivity index (χ1) is 26.5. The standard InChI is InChI=1S/C29H34.C13H18.C7H16.C3H6.C2H6.C2H4/c1-6-22(2)16-17-29(21-26-10-8-7-9-11-26,27-14-12-23(3)13-15-27)28-19-24(4)18-25(5)20-28;1-11(2)5-4-6-13-9-7-12(3)8-10-13;1-6(2)7(3,4)5;1-3-2;2*1-2/h6-15,18-20H,16-17,21H2,1-5H3;7-10H,1,4-6H2,2-3H3;6H,1-5H3;3H,1H2,2H3;1-2H3;1-2H2/b22-6+;;;;;. The average molecular weight is 757 g/mol. The fraction of sp³-hybridized carbons (Fsp3) is 0.429. The smallest absolute Gasteiger partial charge is 0.0246 e. The van der Waals surface area contributed by atoms with Crippen LogP contribution in [0.1, 0.15) is 146 Å². The molecule has 1 atom stereocenters. The summed E-state index contributed by atoms with van der Waals surface area (Å²) in [4.78, 5) is 0. The van der Waals surface area contributed by atoms with E-state index in [-0.39, 0.29) is 5.41 Å². The largest absolute Gasteiger partial charge is 0.106 e. The number of rotatable bonds is 11. The van der Waals surface area contributed by atoms with Crippen molar-refractivity contribution in [3.8, 4) is 0 Å². The molecular formula is C56H84. The molecule has 0 saturated heterocycles. The Hall–Kier alpha value is -4.16. The molecule has 0 aliphatic heterocycles. The maximum Gasteiger partial charge on any atom is 0.0246 e. The van der Waals surface area contributed by atoms with Gasteiger partial charge in [-0.15, -0.1) is 26.3 Å². The quantitative estimate of drug-likeness (QED) is 0.134. The molecule has 0 heteroatoms. The van der Waals surface area contributed by atoms with E-state index in [2.05, 4.69) is 213 Å². The Bertz CT molecular complexity index is 1600. The van der Waals surface area contributed by atoms with Crippen molar-refractivity contribution in [1.82, 2.24) is 0 Å². The normalized spacial score (nSPS) is 11.5. The minimum Gasteiger partial charge on any atom is -0.106 e. The molecule has 4 aromatic rings. The van der Waals surface area contributed by atoms with Gasteiger partial charge in [0, 0.05) is 5.41 Å². The number of hydrogen-bond acceptors (Lipinski definition) is 0. The second-order valence-corrected chi connectivity index (χ2v) is 16.3. The maximum absolute atomic E-state index is 3.90. The third-order valence-corrected chi connectivity index (χ3v) is 10.1. The van der Waals surface area contributed by atoms with Crippen molar-refractivity contribution in [2.75, 3.05) is 0 Å². The molecule has 0 aliphatic rings. The Morgan fingerprint density at radius 1 is 0.643 bits per heavy atom. The van der Waals surface area contributed by atoms with Crippen LogP contribution in [0.3, 0.4) is 0 Å². The molecule has 0 aromatic heterocycles. The summed E-state index contributed by atoms with van der Waals surface area (Å²) in [7, 11) is 0. The van der Waals surface area contributed by atoms with Crippen LogP contribution >= 0.6 is 0 Å². The minimum atomic E-state index is -0.0455. The summed E-state index contributed by atoms with van der Waals surface area (Å²) in [6, 6.07) is 36.1. The fourth-order valence-corrected chi connectivity index (χ4v) is 5.72. The second-order valence-electron chi connectivity index (χ2n) is 16.3. The molecule has 4 rings (SSSR count). The summed E-state index contributed by atoms with van der Waals surface area (Å²) in [5, 5.41) is 0. The lowest BCUT2D eigenvalue weighted by molar-refractivity contribution is 0.283. The minimum absolute atomic E-state index is 0.0455. The summed E-state index contributed by atoms with van der Waals surface area (Å²) in [5.74, 6) is 0.799. The highest BCUT2D eigenvalue weighted by atomic mass is 14.4. The third-order valence-electron chi connectivity index (χ3n) is 10.1. The highest BCUT2D eigenvalue weighted by Crippen LogP contribution is 2.42. The van der Waals surface area contributed by atoms with Gasteiger partial charge in [-0.1, -0.05) is 191 Å². The molecule has 0 aliphatic carbocycles. The second kappa shape index (κ2) is 30.0. The van der Waals surface area contributed by atoms with Crippen LogP contribution in [-0.2, 0) is 18.3 Å². The third kappa shape index (κ3) is 22.4. The van der Waals surface area contributed by atoms with Gasteiger partial charge in [-0.25, -0.2) is 0 Å². The van der Waals surface area contributed by atoms with Gasteiger partial charge in [-0.05, 0) is 128 Å². The van der Waals surface area contributed by atoms with Crippen LogP contribution in [0.25, 0.3) is 0 Å². The summed E-state index contributed by atoms with van der Waals surface area (Å²) in [6.45, 7) is 45.7. The van der Waals surface area contributed by atoms with Gasteiger partial charge < -0.3 is 0 Å². The van der Waals surface area contributed by atoms with Crippen LogP contribution in [0, 0.1) is 39.0 Å². The monoisotopic (exact) mass is 757 g/mol. The summed E-state index contributed by atoms with van der Waals surface area (Å²) in [5.41, 5.74) is 14.2. The van der Waals surface area contributed by atoms with Gasteiger partial charge in [0.25, 0.3) is 0 Å². The molecule has 308 valence electrons. The summed E-state index contributed by atoms with van der Waals surface area (Å²) >= 11 is 0. The molecule has 0 nitrogen and oxygen atoms in total. The number of allylic oxidation sites excluding steroid dienone is 4. The first-order valence-electron chi connectivity index (χ1n) is 21.1. The predicted octanol–water partition coefficient (Wildman–Crippen LogP) is 17.5. The van der Waals surface area contributed by atoms with Crippen molar-refractivity contribution in [2.24, 2.45) is 11.3 Å². The van der Waals surface area contributed by atoms with Gasteiger partial charge in [0.05, 0.1) is 0 Å². The molecule has 0 fully saturated rings. The maximum atomic E-state index is 3.90. The van der Waals surface area contributed by atoms with E-state index in [0.29, 0.717) is 5.41 Å². The topological polar surface area (TPSA) is 0 Å². The Morgan fingerprint density at radius 3 is 1.50 bits per heavy atom. The van der Waals surface area contributed by atoms with Gasteiger partial charge in [-0.2, -0.15) is 0 Å². The SMILES string of the molecule is C/C=C(\C)CCC(Cc1ccccc1)(c1ccc(C)cc1)c1cc(C)cc(C)c1.C=C.C=C(C)CCCc1ccc(C)cc1.C=CC.CC.CC(C)C(C)(C)C. The highest BCUT2D eigenvalue weighted by Gasteiger charge is 2.34. The Morgan fingerprint density at radius 2 is 1.09 bits per heavy atom. The van der Waals surface area contributed by atoms with Crippen LogP contribution < -0.4 is 0 Å². The van der Waals surface area contributed by atoms with Crippen LogP contribution in [0.15, 0.2) is 147 Å². The van der Waals surface area contributed by atoms with E-state index < -0.39 is 0 Å². The molecule has 0 heterocycles. The van der Waals surface area contributed by atoms with Crippen LogP contribution in [0.4, 0.5) is 0 Å². The van der Waals surface area contributed by atoms with Gasteiger partial charge in [0.15, 0.2) is 0 Å². The lowest BCUT2D eigenvalue weighted by atomic mass is 9.66. The van der Waals surface area contributed by atoms with Gasteiger partial charge in [0.2, 0.25) is 0 Å². The van der Waals surface area contributed by atoms with E-state index in [0.717, 1.165) is 31.6 Å². The molecule has 56 heavy (non-hydrogen) atoms. The number of aryl methyl sites for hydroxylation is 5. The van der Waals surface area contributed by atoms with E-state index in [1.165, 1.54) is 68.5 Å². The zero-order valence-electron chi connectivity index (χ0n) is 39.0. The molecule has 0 N–H and O–H groups in total.